The van der Waals surface area contributed by atoms with E-state index in [0.717, 1.165) is 22.0 Å². The minimum absolute atomic E-state index is 0.114. The van der Waals surface area contributed by atoms with E-state index in [0.29, 0.717) is 28.3 Å². The van der Waals surface area contributed by atoms with Crippen molar-refractivity contribution in [1.82, 2.24) is 14.8 Å². The van der Waals surface area contributed by atoms with Gasteiger partial charge in [0.15, 0.2) is 17.1 Å². The highest BCUT2D eigenvalue weighted by Crippen LogP contribution is 2.28. The van der Waals surface area contributed by atoms with Crippen LogP contribution in [0.4, 0.5) is 5.69 Å². The molecule has 1 heterocycles. The predicted octanol–water partition coefficient (Wildman–Crippen LogP) is 6.45. The van der Waals surface area contributed by atoms with E-state index in [9.17, 15) is 4.79 Å². The molecule has 1 atom stereocenters. The number of anilines is 1. The molecule has 0 aliphatic heterocycles. The number of nitrogens with zero attached hydrogens (tertiary/aromatic N) is 3. The summed E-state index contributed by atoms with van der Waals surface area (Å²) >= 11 is 7.44. The van der Waals surface area contributed by atoms with Crippen molar-refractivity contribution in [3.8, 4) is 5.75 Å². The number of nitrogens with one attached hydrogen (secondary N) is 1. The van der Waals surface area contributed by atoms with Gasteiger partial charge in [-0.3, -0.25) is 9.36 Å². The molecule has 8 heteroatoms. The first-order valence-corrected chi connectivity index (χ1v) is 12.2. The highest BCUT2D eigenvalue weighted by Gasteiger charge is 2.20. The quantitative estimate of drug-likeness (QED) is 0.215. The van der Waals surface area contributed by atoms with Gasteiger partial charge in [0.2, 0.25) is 5.91 Å². The van der Waals surface area contributed by atoms with Crippen molar-refractivity contribution < 1.29 is 9.53 Å². The number of benzene rings is 3. The molecule has 1 amide bonds. The zero-order valence-corrected chi connectivity index (χ0v) is 20.6. The van der Waals surface area contributed by atoms with Crippen molar-refractivity contribution in [1.29, 1.82) is 0 Å². The molecule has 4 aromatic rings. The van der Waals surface area contributed by atoms with Crippen LogP contribution in [0.1, 0.15) is 24.4 Å². The number of amides is 1. The molecule has 1 N–H and O–H groups in total. The first kappa shape index (κ1) is 23.9. The van der Waals surface area contributed by atoms with Crippen molar-refractivity contribution in [2.24, 2.45) is 0 Å². The lowest BCUT2D eigenvalue weighted by Crippen LogP contribution is -2.15. The Labute approximate surface area is 208 Å². The van der Waals surface area contributed by atoms with Gasteiger partial charge in [-0.15, -0.1) is 16.8 Å². The molecule has 174 valence electrons. The van der Waals surface area contributed by atoms with E-state index < -0.39 is 0 Å². The molecule has 4 rings (SSSR count). The minimum Gasteiger partial charge on any atom is -0.483 e. The van der Waals surface area contributed by atoms with E-state index in [2.05, 4.69) is 22.1 Å². The van der Waals surface area contributed by atoms with Gasteiger partial charge in [0, 0.05) is 22.6 Å². The van der Waals surface area contributed by atoms with Gasteiger partial charge in [-0.05, 0) is 49.1 Å². The second-order valence-electron chi connectivity index (χ2n) is 7.77. The van der Waals surface area contributed by atoms with Crippen molar-refractivity contribution in [3.05, 3.63) is 89.7 Å². The summed E-state index contributed by atoms with van der Waals surface area (Å²) in [4.78, 5) is 12.7. The maximum absolute atomic E-state index is 12.7. The smallest absolute Gasteiger partial charge is 0.234 e. The zero-order chi connectivity index (χ0) is 24.1. The minimum atomic E-state index is -0.355. The Morgan fingerprint density at radius 2 is 2.00 bits per heavy atom. The fraction of sp³-hybridized carbons (Fsp3) is 0.192. The van der Waals surface area contributed by atoms with Crippen LogP contribution in [-0.2, 0) is 11.3 Å². The molecule has 0 radical (unpaired) electrons. The number of ether oxygens (including phenoxy) is 1. The Hall–Kier alpha value is -3.29. The summed E-state index contributed by atoms with van der Waals surface area (Å²) in [5, 5.41) is 15.0. The second kappa shape index (κ2) is 10.8. The van der Waals surface area contributed by atoms with Crippen molar-refractivity contribution in [2.45, 2.75) is 31.7 Å². The summed E-state index contributed by atoms with van der Waals surface area (Å²) in [7, 11) is 0. The topological polar surface area (TPSA) is 69.0 Å². The number of thioether (sulfide) groups is 1. The Kier molecular flexibility index (Phi) is 7.55. The van der Waals surface area contributed by atoms with Crippen LogP contribution in [0.25, 0.3) is 10.8 Å². The number of allylic oxidation sites excluding steroid dienone is 1. The summed E-state index contributed by atoms with van der Waals surface area (Å²) in [5.74, 6) is 1.44. The number of carbonyl (C=O) groups excluding carboxylic acids is 1. The van der Waals surface area contributed by atoms with E-state index in [1.54, 1.807) is 6.08 Å². The number of hydrogen-bond donors (Lipinski definition) is 1. The van der Waals surface area contributed by atoms with Crippen LogP contribution in [0.15, 0.2) is 78.5 Å². The molecule has 0 aliphatic rings. The lowest BCUT2D eigenvalue weighted by Gasteiger charge is -2.16. The van der Waals surface area contributed by atoms with Gasteiger partial charge in [-0.1, -0.05) is 65.8 Å². The van der Waals surface area contributed by atoms with Crippen LogP contribution in [-0.4, -0.2) is 26.4 Å². The van der Waals surface area contributed by atoms with E-state index in [-0.39, 0.29) is 17.8 Å². The fourth-order valence-corrected chi connectivity index (χ4v) is 4.48. The van der Waals surface area contributed by atoms with Gasteiger partial charge >= 0.3 is 0 Å². The first-order valence-electron chi connectivity index (χ1n) is 10.8. The van der Waals surface area contributed by atoms with Crippen LogP contribution in [0.5, 0.6) is 5.75 Å². The molecule has 1 unspecified atom stereocenters. The van der Waals surface area contributed by atoms with Crippen LogP contribution < -0.4 is 10.1 Å². The fourth-order valence-electron chi connectivity index (χ4n) is 3.61. The van der Waals surface area contributed by atoms with Crippen LogP contribution in [0.2, 0.25) is 5.02 Å². The van der Waals surface area contributed by atoms with Gasteiger partial charge in [-0.25, -0.2) is 0 Å². The van der Waals surface area contributed by atoms with E-state index >= 15 is 0 Å². The molecule has 6 nitrogen and oxygen atoms in total. The third kappa shape index (κ3) is 5.43. The zero-order valence-electron chi connectivity index (χ0n) is 19.0. The third-order valence-corrected chi connectivity index (χ3v) is 6.65. The molecule has 0 saturated carbocycles. The number of aryl methyl sites for hydroxylation is 1. The highest BCUT2D eigenvalue weighted by molar-refractivity contribution is 7.99. The van der Waals surface area contributed by atoms with Gasteiger partial charge in [0.25, 0.3) is 0 Å². The lowest BCUT2D eigenvalue weighted by atomic mass is 10.1. The standard InChI is InChI=1S/C26H25ClN4O2S/c1-4-14-31-25(18(3)33-20-12-13-22(27)17(2)15-20)29-30-26(31)34-16-24(32)28-23-11-7-9-19-8-5-6-10-21(19)23/h4-13,15,18H,1,14,16H2,2-3H3,(H,28,32). The average Bonchev–Trinajstić information content (AvgIpc) is 3.23. The number of aromatic nitrogens is 3. The first-order chi connectivity index (χ1) is 16.5. The maximum Gasteiger partial charge on any atom is 0.234 e. The number of fused-ring (bicyclic) bond motifs is 1. The SMILES string of the molecule is C=CCn1c(SCC(=O)Nc2cccc3ccccc23)nnc1C(C)Oc1ccc(Cl)c(C)c1. The summed E-state index contributed by atoms with van der Waals surface area (Å²) < 4.78 is 7.99. The lowest BCUT2D eigenvalue weighted by molar-refractivity contribution is -0.113. The Morgan fingerprint density at radius 3 is 2.79 bits per heavy atom. The molecule has 3 aromatic carbocycles. The Morgan fingerprint density at radius 1 is 1.21 bits per heavy atom. The van der Waals surface area contributed by atoms with Crippen LogP contribution in [0.3, 0.4) is 0 Å². The van der Waals surface area contributed by atoms with Gasteiger partial charge in [-0.2, -0.15) is 0 Å². The summed E-state index contributed by atoms with van der Waals surface area (Å²) in [6.45, 7) is 8.19. The molecule has 0 saturated heterocycles. The van der Waals surface area contributed by atoms with Gasteiger partial charge < -0.3 is 10.1 Å². The van der Waals surface area contributed by atoms with Gasteiger partial charge in [0.05, 0.1) is 5.75 Å². The second-order valence-corrected chi connectivity index (χ2v) is 9.12. The summed E-state index contributed by atoms with van der Waals surface area (Å²) in [6, 6.07) is 19.3. The number of carbonyl (C=O) groups is 1. The molecule has 0 spiro atoms. The molecule has 0 fully saturated rings. The Balaban J connectivity index is 1.45. The van der Waals surface area contributed by atoms with Crippen molar-refractivity contribution in [3.63, 3.8) is 0 Å². The summed E-state index contributed by atoms with van der Waals surface area (Å²) in [5.41, 5.74) is 1.73. The molecule has 0 aliphatic carbocycles. The van der Waals surface area contributed by atoms with Crippen LogP contribution in [0, 0.1) is 6.92 Å². The predicted molar refractivity (Wildman–Crippen MR) is 139 cm³/mol. The highest BCUT2D eigenvalue weighted by atomic mass is 35.5. The van der Waals surface area contributed by atoms with E-state index in [1.807, 2.05) is 79.1 Å². The number of halogens is 1. The average molecular weight is 493 g/mol. The molecule has 34 heavy (non-hydrogen) atoms. The number of rotatable bonds is 9. The Bertz CT molecular complexity index is 1330. The number of hydrogen-bond acceptors (Lipinski definition) is 5. The monoisotopic (exact) mass is 492 g/mol. The van der Waals surface area contributed by atoms with E-state index in [1.165, 1.54) is 11.8 Å². The molecular formula is C26H25ClN4O2S. The van der Waals surface area contributed by atoms with E-state index in [4.69, 9.17) is 16.3 Å². The maximum atomic E-state index is 12.7. The summed E-state index contributed by atoms with van der Waals surface area (Å²) in [6.07, 6.45) is 1.42. The largest absolute Gasteiger partial charge is 0.483 e. The molecule has 0 bridgehead atoms. The molecule has 1 aromatic heterocycles. The normalized spacial score (nSPS) is 11.9. The van der Waals surface area contributed by atoms with Crippen LogP contribution >= 0.6 is 23.4 Å². The van der Waals surface area contributed by atoms with Gasteiger partial charge in [0.1, 0.15) is 5.75 Å². The van der Waals surface area contributed by atoms with Crippen molar-refractivity contribution in [2.75, 3.05) is 11.1 Å². The molecular weight excluding hydrogens is 468 g/mol. The van der Waals surface area contributed by atoms with Crippen molar-refractivity contribution >= 4 is 45.7 Å². The third-order valence-electron chi connectivity index (χ3n) is 5.26.